The van der Waals surface area contributed by atoms with Crippen LogP contribution in [0.15, 0.2) is 89.1 Å². The van der Waals surface area contributed by atoms with Gasteiger partial charge < -0.3 is 4.90 Å². The molecule has 3 aromatic carbocycles. The molecule has 7 nitrogen and oxygen atoms in total. The summed E-state index contributed by atoms with van der Waals surface area (Å²) >= 11 is 0. The molecule has 0 unspecified atom stereocenters. The first-order valence-electron chi connectivity index (χ1n) is 11.5. The van der Waals surface area contributed by atoms with Crippen LogP contribution in [-0.4, -0.2) is 26.4 Å². The van der Waals surface area contributed by atoms with Crippen LogP contribution >= 0.6 is 0 Å². The Morgan fingerprint density at radius 1 is 1.05 bits per heavy atom. The number of rotatable bonds is 5. The average Bonchev–Trinajstić information content (AvgIpc) is 2.90. The molecule has 0 spiro atoms. The summed E-state index contributed by atoms with van der Waals surface area (Å²) in [4.78, 5) is 19.0. The Bertz CT molecular complexity index is 1670. The lowest BCUT2D eigenvalue weighted by Crippen LogP contribution is -2.47. The van der Waals surface area contributed by atoms with Gasteiger partial charge in [-0.3, -0.25) is 4.90 Å². The molecule has 1 atom stereocenters. The Morgan fingerprint density at radius 2 is 1.74 bits per heavy atom. The summed E-state index contributed by atoms with van der Waals surface area (Å²) in [6, 6.07) is 16.6. The summed E-state index contributed by atoms with van der Waals surface area (Å²) in [7, 11) is -2.71. The first-order chi connectivity index (χ1) is 18.4. The minimum absolute atomic E-state index is 0.0459. The van der Waals surface area contributed by atoms with Crippen molar-refractivity contribution in [1.82, 2.24) is 4.90 Å². The highest BCUT2D eigenvalue weighted by Gasteiger charge is 2.41. The minimum Gasteiger partial charge on any atom is -0.325 e. The molecule has 0 saturated heterocycles. The fourth-order valence-electron chi connectivity index (χ4n) is 4.50. The lowest BCUT2D eigenvalue weighted by atomic mass is 9.97. The number of amides is 2. The van der Waals surface area contributed by atoms with E-state index in [1.807, 2.05) is 6.07 Å². The molecule has 4 rings (SSSR count). The normalized spacial score (nSPS) is 16.2. The number of halogens is 3. The van der Waals surface area contributed by atoms with Crippen molar-refractivity contribution in [2.24, 2.45) is 0 Å². The largest absolute Gasteiger partial charge is 0.416 e. The highest BCUT2D eigenvalue weighted by Crippen LogP contribution is 2.42. The third kappa shape index (κ3) is 5.22. The molecule has 0 aromatic heterocycles. The van der Waals surface area contributed by atoms with Crippen molar-refractivity contribution in [2.45, 2.75) is 29.8 Å². The molecule has 198 valence electrons. The van der Waals surface area contributed by atoms with Gasteiger partial charge in [-0.1, -0.05) is 42.5 Å². The first-order valence-corrected chi connectivity index (χ1v) is 13.2. The summed E-state index contributed by atoms with van der Waals surface area (Å²) in [5.41, 5.74) is -0.345. The number of nitrogens with zero attached hydrogens (tertiary/aromatic N) is 4. The highest BCUT2D eigenvalue weighted by molar-refractivity contribution is 7.90. The molecule has 1 aliphatic rings. The van der Waals surface area contributed by atoms with E-state index in [9.17, 15) is 31.6 Å². The molecule has 11 heteroatoms. The molecule has 1 heterocycles. The van der Waals surface area contributed by atoms with E-state index < -0.39 is 33.6 Å². The first kappa shape index (κ1) is 27.4. The Labute approximate surface area is 223 Å². The third-order valence-electron chi connectivity index (χ3n) is 6.37. The lowest BCUT2D eigenvalue weighted by Gasteiger charge is -2.40. The molecule has 3 aromatic rings. The van der Waals surface area contributed by atoms with Crippen molar-refractivity contribution >= 4 is 21.6 Å². The van der Waals surface area contributed by atoms with Crippen molar-refractivity contribution in [3.8, 4) is 6.07 Å². The number of likely N-dealkylation sites (N-methyl/N-ethyl adjacent to an activating group) is 1. The van der Waals surface area contributed by atoms with Crippen LogP contribution in [-0.2, 0) is 21.8 Å². The van der Waals surface area contributed by atoms with Crippen molar-refractivity contribution in [3.63, 3.8) is 0 Å². The molecule has 0 aliphatic carbocycles. The van der Waals surface area contributed by atoms with Gasteiger partial charge in [0.05, 0.1) is 40.5 Å². The van der Waals surface area contributed by atoms with Gasteiger partial charge in [0, 0.05) is 18.4 Å². The smallest absolute Gasteiger partial charge is 0.325 e. The second-order valence-electron chi connectivity index (χ2n) is 8.87. The number of alkyl halides is 3. The van der Waals surface area contributed by atoms with Crippen LogP contribution in [0.25, 0.3) is 4.85 Å². The maximum absolute atomic E-state index is 13.6. The fourth-order valence-corrected chi connectivity index (χ4v) is 6.13. The van der Waals surface area contributed by atoms with Crippen molar-refractivity contribution in [3.05, 3.63) is 118 Å². The zero-order valence-corrected chi connectivity index (χ0v) is 21.6. The summed E-state index contributed by atoms with van der Waals surface area (Å²) in [5.74, 6) is -0.382. The van der Waals surface area contributed by atoms with E-state index in [2.05, 4.69) is 4.85 Å². The van der Waals surface area contributed by atoms with Crippen molar-refractivity contribution in [2.75, 3.05) is 11.9 Å². The second kappa shape index (κ2) is 10.3. The Hall–Kier alpha value is -4.61. The fraction of sp³-hybridized carbons (Fsp3) is 0.179. The van der Waals surface area contributed by atoms with E-state index in [0.29, 0.717) is 5.56 Å². The molecular formula is C28H21F3N4O3S. The number of benzene rings is 3. The molecule has 1 aliphatic heterocycles. The van der Waals surface area contributed by atoms with E-state index >= 15 is 0 Å². The van der Waals surface area contributed by atoms with Gasteiger partial charge in [-0.2, -0.15) is 18.4 Å². The third-order valence-corrected chi connectivity index (χ3v) is 8.11. The number of urea groups is 1. The van der Waals surface area contributed by atoms with Gasteiger partial charge in [0.25, 0.3) is 0 Å². The SMILES string of the molecule is [C-]#[N+]C1=C(C)N(c2cccc(C(F)(F)F)c2)C(=O)N(C)[C@@H]1c1ccc(C#N)cc1S(=O)(=O)Cc1ccccc1. The zero-order chi connectivity index (χ0) is 28.5. The number of carbonyl (C=O) groups excluding carboxylic acids is 1. The second-order valence-corrected chi connectivity index (χ2v) is 10.8. The van der Waals surface area contributed by atoms with Gasteiger partial charge in [0.2, 0.25) is 5.70 Å². The molecule has 0 saturated carbocycles. The van der Waals surface area contributed by atoms with Gasteiger partial charge in [-0.15, -0.1) is 0 Å². The van der Waals surface area contributed by atoms with E-state index in [4.69, 9.17) is 6.57 Å². The summed E-state index contributed by atoms with van der Waals surface area (Å²) in [5, 5.41) is 9.44. The Balaban J connectivity index is 1.89. The molecule has 0 bridgehead atoms. The number of carbonyl (C=O) groups is 1. The van der Waals surface area contributed by atoms with Crippen molar-refractivity contribution < 1.29 is 26.4 Å². The number of allylic oxidation sites excluding steroid dienone is 1. The lowest BCUT2D eigenvalue weighted by molar-refractivity contribution is -0.137. The molecule has 0 fully saturated rings. The monoisotopic (exact) mass is 550 g/mol. The minimum atomic E-state index is -4.64. The number of sulfone groups is 1. The number of anilines is 1. The predicted molar refractivity (Wildman–Crippen MR) is 138 cm³/mol. The maximum atomic E-state index is 13.6. The van der Waals surface area contributed by atoms with Crippen LogP contribution in [0, 0.1) is 17.9 Å². The Morgan fingerprint density at radius 3 is 2.36 bits per heavy atom. The van der Waals surface area contributed by atoms with Gasteiger partial charge in [-0.05, 0) is 48.4 Å². The highest BCUT2D eigenvalue weighted by atomic mass is 32.2. The van der Waals surface area contributed by atoms with Gasteiger partial charge >= 0.3 is 12.2 Å². The number of hydrogen-bond donors (Lipinski definition) is 0. The van der Waals surface area contributed by atoms with Gasteiger partial charge in [-0.25, -0.2) is 18.1 Å². The average molecular weight is 551 g/mol. The molecule has 0 N–H and O–H groups in total. The quantitative estimate of drug-likeness (QED) is 0.348. The zero-order valence-electron chi connectivity index (χ0n) is 20.8. The van der Waals surface area contributed by atoms with Gasteiger partial charge in [0.1, 0.15) is 0 Å². The van der Waals surface area contributed by atoms with Crippen LogP contribution in [0.1, 0.15) is 35.2 Å². The van der Waals surface area contributed by atoms with E-state index in [1.54, 1.807) is 30.3 Å². The van der Waals surface area contributed by atoms with Crippen LogP contribution in [0.5, 0.6) is 0 Å². The summed E-state index contributed by atoms with van der Waals surface area (Å²) in [6.45, 7) is 9.29. The molecule has 39 heavy (non-hydrogen) atoms. The van der Waals surface area contributed by atoms with Crippen LogP contribution in [0.3, 0.4) is 0 Å². The standard InChI is InChI=1S/C28H21F3N4O3S/c1-18-25(33-2)26(34(3)27(36)35(18)22-11-7-10-21(15-22)28(29,30)31)23-13-12-20(16-32)14-24(23)39(37,38)17-19-8-5-4-6-9-19/h4-15,26H,17H2,1,3H3/t26-/m1/s1. The predicted octanol–water partition coefficient (Wildman–Crippen LogP) is 6.31. The van der Waals surface area contributed by atoms with Crippen molar-refractivity contribution in [1.29, 1.82) is 5.26 Å². The van der Waals surface area contributed by atoms with Crippen LogP contribution in [0.4, 0.5) is 23.7 Å². The topological polar surface area (TPSA) is 85.8 Å². The number of nitriles is 1. The molecule has 0 radical (unpaired) electrons. The van der Waals surface area contributed by atoms with Crippen LogP contribution < -0.4 is 4.90 Å². The summed E-state index contributed by atoms with van der Waals surface area (Å²) < 4.78 is 67.2. The molecular weight excluding hydrogens is 529 g/mol. The summed E-state index contributed by atoms with van der Waals surface area (Å²) in [6.07, 6.45) is -4.64. The Kier molecular flexibility index (Phi) is 7.23. The maximum Gasteiger partial charge on any atom is 0.416 e. The van der Waals surface area contributed by atoms with E-state index in [0.717, 1.165) is 28.0 Å². The van der Waals surface area contributed by atoms with E-state index in [1.165, 1.54) is 38.2 Å². The van der Waals surface area contributed by atoms with Gasteiger partial charge in [0.15, 0.2) is 9.84 Å². The van der Waals surface area contributed by atoms with E-state index in [-0.39, 0.29) is 38.9 Å². The molecule has 2 amide bonds. The van der Waals surface area contributed by atoms with Crippen LogP contribution in [0.2, 0.25) is 0 Å². The number of hydrogen-bond acceptors (Lipinski definition) is 4.